The minimum absolute atomic E-state index is 0.171. The molecule has 0 aliphatic heterocycles. The van der Waals surface area contributed by atoms with Crippen LogP contribution in [0.2, 0.25) is 0 Å². The normalized spacial score (nSPS) is 23.6. The molecule has 1 aliphatic rings. The van der Waals surface area contributed by atoms with E-state index in [9.17, 15) is 4.79 Å². The van der Waals surface area contributed by atoms with Crippen LogP contribution in [0.5, 0.6) is 0 Å². The highest BCUT2D eigenvalue weighted by Crippen LogP contribution is 2.33. The van der Waals surface area contributed by atoms with Gasteiger partial charge in [0.1, 0.15) is 0 Å². The third-order valence-electron chi connectivity index (χ3n) is 3.91. The van der Waals surface area contributed by atoms with Crippen LogP contribution in [0.3, 0.4) is 0 Å². The zero-order chi connectivity index (χ0) is 13.4. The second-order valence-corrected chi connectivity index (χ2v) is 6.07. The molecule has 0 unspecified atom stereocenters. The molecule has 0 amide bonds. The van der Waals surface area contributed by atoms with E-state index < -0.39 is 5.97 Å². The summed E-state index contributed by atoms with van der Waals surface area (Å²) >= 11 is 3.45. The second kappa shape index (κ2) is 4.96. The Hall–Kier alpha value is -1.36. The van der Waals surface area contributed by atoms with Crippen LogP contribution in [0.4, 0.5) is 0 Å². The SMILES string of the molecule is O=C(O)C1CCC(n2cc3ccc(Br)cc3n2)CC1. The van der Waals surface area contributed by atoms with Gasteiger partial charge in [0.2, 0.25) is 0 Å². The quantitative estimate of drug-likeness (QED) is 0.918. The number of carbonyl (C=O) groups is 1. The van der Waals surface area contributed by atoms with E-state index in [4.69, 9.17) is 5.11 Å². The maximum atomic E-state index is 10.9. The topological polar surface area (TPSA) is 55.1 Å². The van der Waals surface area contributed by atoms with Gasteiger partial charge in [-0.3, -0.25) is 9.48 Å². The fourth-order valence-corrected chi connectivity index (χ4v) is 3.13. The lowest BCUT2D eigenvalue weighted by Crippen LogP contribution is -2.23. The van der Waals surface area contributed by atoms with E-state index in [2.05, 4.69) is 27.2 Å². The first-order valence-corrected chi connectivity index (χ1v) is 7.30. The molecule has 0 saturated heterocycles. The number of halogens is 1. The van der Waals surface area contributed by atoms with Crippen LogP contribution in [-0.2, 0) is 4.79 Å². The Balaban J connectivity index is 1.80. The predicted octanol–water partition coefficient (Wildman–Crippen LogP) is 3.61. The Bertz CT molecular complexity index is 615. The molecule has 5 heteroatoms. The number of aliphatic carboxylic acids is 1. The number of carboxylic acids is 1. The maximum absolute atomic E-state index is 10.9. The molecule has 0 atom stereocenters. The Morgan fingerprint density at radius 2 is 2.05 bits per heavy atom. The molecule has 3 rings (SSSR count). The number of benzene rings is 1. The molecule has 2 aromatic rings. The van der Waals surface area contributed by atoms with Crippen molar-refractivity contribution >= 4 is 32.8 Å². The van der Waals surface area contributed by atoms with Gasteiger partial charge in [0.05, 0.1) is 17.5 Å². The van der Waals surface area contributed by atoms with Gasteiger partial charge in [-0.05, 0) is 37.8 Å². The summed E-state index contributed by atoms with van der Waals surface area (Å²) in [5.41, 5.74) is 0.981. The van der Waals surface area contributed by atoms with Gasteiger partial charge in [-0.1, -0.05) is 22.0 Å². The molecule has 1 aromatic heterocycles. The van der Waals surface area contributed by atoms with Gasteiger partial charge in [0.25, 0.3) is 0 Å². The van der Waals surface area contributed by atoms with E-state index in [1.165, 1.54) is 0 Å². The van der Waals surface area contributed by atoms with Crippen molar-refractivity contribution in [2.75, 3.05) is 0 Å². The molecule has 0 spiro atoms. The molecular weight excluding hydrogens is 308 g/mol. The van der Waals surface area contributed by atoms with E-state index in [0.29, 0.717) is 6.04 Å². The van der Waals surface area contributed by atoms with E-state index in [1.807, 2.05) is 22.9 Å². The highest BCUT2D eigenvalue weighted by molar-refractivity contribution is 9.10. The number of hydrogen-bond donors (Lipinski definition) is 1. The molecule has 1 saturated carbocycles. The van der Waals surface area contributed by atoms with Crippen LogP contribution < -0.4 is 0 Å². The maximum Gasteiger partial charge on any atom is 0.306 e. The first-order valence-electron chi connectivity index (χ1n) is 6.51. The highest BCUT2D eigenvalue weighted by atomic mass is 79.9. The summed E-state index contributed by atoms with van der Waals surface area (Å²) in [7, 11) is 0. The average molecular weight is 323 g/mol. The van der Waals surface area contributed by atoms with Gasteiger partial charge in [0, 0.05) is 16.1 Å². The van der Waals surface area contributed by atoms with Crippen molar-refractivity contribution in [1.29, 1.82) is 0 Å². The fourth-order valence-electron chi connectivity index (χ4n) is 2.78. The molecule has 1 aromatic carbocycles. The van der Waals surface area contributed by atoms with Crippen LogP contribution in [0, 0.1) is 5.92 Å². The van der Waals surface area contributed by atoms with Gasteiger partial charge >= 0.3 is 5.97 Å². The monoisotopic (exact) mass is 322 g/mol. The van der Waals surface area contributed by atoms with E-state index in [-0.39, 0.29) is 5.92 Å². The van der Waals surface area contributed by atoms with Crippen molar-refractivity contribution < 1.29 is 9.90 Å². The molecule has 100 valence electrons. The summed E-state index contributed by atoms with van der Waals surface area (Å²) in [6.07, 6.45) is 5.35. The number of fused-ring (bicyclic) bond motifs is 1. The molecule has 4 nitrogen and oxygen atoms in total. The minimum Gasteiger partial charge on any atom is -0.481 e. The number of nitrogens with zero attached hydrogens (tertiary/aromatic N) is 2. The summed E-state index contributed by atoms with van der Waals surface area (Å²) < 4.78 is 3.04. The molecule has 0 radical (unpaired) electrons. The van der Waals surface area contributed by atoms with Gasteiger partial charge in [-0.25, -0.2) is 0 Å². The predicted molar refractivity (Wildman–Crippen MR) is 76.1 cm³/mol. The van der Waals surface area contributed by atoms with E-state index in [1.54, 1.807) is 0 Å². The van der Waals surface area contributed by atoms with E-state index >= 15 is 0 Å². The van der Waals surface area contributed by atoms with Crippen LogP contribution in [0.1, 0.15) is 31.7 Å². The lowest BCUT2D eigenvalue weighted by molar-refractivity contribution is -0.143. The average Bonchev–Trinajstić information content (AvgIpc) is 2.81. The van der Waals surface area contributed by atoms with Gasteiger partial charge < -0.3 is 5.11 Å². The van der Waals surface area contributed by atoms with Crippen LogP contribution >= 0.6 is 15.9 Å². The van der Waals surface area contributed by atoms with Crippen molar-refractivity contribution in [2.45, 2.75) is 31.7 Å². The van der Waals surface area contributed by atoms with Crippen molar-refractivity contribution in [1.82, 2.24) is 9.78 Å². The summed E-state index contributed by atoms with van der Waals surface area (Å²) in [5, 5.41) is 14.7. The third kappa shape index (κ3) is 2.52. The zero-order valence-corrected chi connectivity index (χ0v) is 12.0. The lowest BCUT2D eigenvalue weighted by atomic mass is 9.86. The number of hydrogen-bond acceptors (Lipinski definition) is 2. The van der Waals surface area contributed by atoms with E-state index in [0.717, 1.165) is 41.1 Å². The van der Waals surface area contributed by atoms with Gasteiger partial charge in [0.15, 0.2) is 0 Å². The smallest absolute Gasteiger partial charge is 0.306 e. The van der Waals surface area contributed by atoms with Crippen molar-refractivity contribution in [2.24, 2.45) is 5.92 Å². The Kier molecular flexibility index (Phi) is 3.31. The Labute approximate surface area is 119 Å². The van der Waals surface area contributed by atoms with Gasteiger partial charge in [-0.2, -0.15) is 5.10 Å². The molecule has 0 bridgehead atoms. The molecule has 1 N–H and O–H groups in total. The van der Waals surface area contributed by atoms with Gasteiger partial charge in [-0.15, -0.1) is 0 Å². The molecule has 19 heavy (non-hydrogen) atoms. The summed E-state index contributed by atoms with van der Waals surface area (Å²) in [5.74, 6) is -0.830. The lowest BCUT2D eigenvalue weighted by Gasteiger charge is -2.26. The highest BCUT2D eigenvalue weighted by Gasteiger charge is 2.27. The number of aromatic nitrogens is 2. The second-order valence-electron chi connectivity index (χ2n) is 5.16. The molecule has 1 heterocycles. The van der Waals surface area contributed by atoms with Crippen LogP contribution in [-0.4, -0.2) is 20.9 Å². The zero-order valence-electron chi connectivity index (χ0n) is 10.4. The molecular formula is C14H15BrN2O2. The summed E-state index contributed by atoms with van der Waals surface area (Å²) in [6.45, 7) is 0. The first-order chi connectivity index (χ1) is 9.13. The third-order valence-corrected chi connectivity index (χ3v) is 4.40. The van der Waals surface area contributed by atoms with Crippen LogP contribution in [0.25, 0.3) is 10.9 Å². The largest absolute Gasteiger partial charge is 0.481 e. The van der Waals surface area contributed by atoms with Crippen LogP contribution in [0.15, 0.2) is 28.9 Å². The summed E-state index contributed by atoms with van der Waals surface area (Å²) in [4.78, 5) is 10.9. The minimum atomic E-state index is -0.659. The summed E-state index contributed by atoms with van der Waals surface area (Å²) in [6, 6.07) is 6.40. The van der Waals surface area contributed by atoms with Crippen molar-refractivity contribution in [3.63, 3.8) is 0 Å². The number of rotatable bonds is 2. The van der Waals surface area contributed by atoms with Crippen molar-refractivity contribution in [3.05, 3.63) is 28.9 Å². The first kappa shape index (κ1) is 12.7. The number of carboxylic acid groups (broad SMARTS) is 1. The van der Waals surface area contributed by atoms with Crippen molar-refractivity contribution in [3.8, 4) is 0 Å². The Morgan fingerprint density at radius 3 is 2.74 bits per heavy atom. The fraction of sp³-hybridized carbons (Fsp3) is 0.429. The Morgan fingerprint density at radius 1 is 1.32 bits per heavy atom. The standard InChI is InChI=1S/C14H15BrN2O2/c15-11-4-1-10-8-17(16-13(10)7-11)12-5-2-9(3-6-12)14(18)19/h1,4,7-9,12H,2-3,5-6H2,(H,18,19). The molecule has 1 aliphatic carbocycles. The molecule has 1 fully saturated rings.